The van der Waals surface area contributed by atoms with E-state index >= 15 is 0 Å². The van der Waals surface area contributed by atoms with E-state index in [-0.39, 0.29) is 0 Å². The fraction of sp³-hybridized carbons (Fsp3) is 0.500. The molecule has 1 fully saturated rings. The van der Waals surface area contributed by atoms with Gasteiger partial charge in [0.25, 0.3) is 0 Å². The summed E-state index contributed by atoms with van der Waals surface area (Å²) in [5.41, 5.74) is 1.22. The number of nitrogens with one attached hydrogen (secondary N) is 1. The molecule has 102 valence electrons. The SMILES string of the molecule is C[C@@H]1CN(Cc2ccc(-c3cnn(C)c3)s2)CCN1. The standard InChI is InChI=1S/C14H20N4S/c1-11-8-18(6-5-15-11)10-13-3-4-14(19-13)12-7-16-17(2)9-12/h3-4,7,9,11,15H,5-6,8,10H2,1-2H3/t11-/m1/s1. The van der Waals surface area contributed by atoms with Crippen LogP contribution in [-0.4, -0.2) is 40.4 Å². The minimum absolute atomic E-state index is 0.603. The van der Waals surface area contributed by atoms with Crippen LogP contribution in [0.4, 0.5) is 0 Å². The number of nitrogens with zero attached hydrogens (tertiary/aromatic N) is 3. The molecule has 0 aliphatic carbocycles. The van der Waals surface area contributed by atoms with Crippen molar-refractivity contribution >= 4 is 11.3 Å². The van der Waals surface area contributed by atoms with Gasteiger partial charge in [-0.25, -0.2) is 0 Å². The zero-order chi connectivity index (χ0) is 13.2. The molecule has 0 bridgehead atoms. The molecule has 1 N–H and O–H groups in total. The molecule has 1 aliphatic rings. The van der Waals surface area contributed by atoms with E-state index in [2.05, 4.69) is 40.6 Å². The molecule has 1 atom stereocenters. The molecule has 0 aromatic carbocycles. The number of hydrogen-bond acceptors (Lipinski definition) is 4. The van der Waals surface area contributed by atoms with Gasteiger partial charge in [0.15, 0.2) is 0 Å². The Morgan fingerprint density at radius 1 is 1.47 bits per heavy atom. The summed E-state index contributed by atoms with van der Waals surface area (Å²) in [5.74, 6) is 0. The maximum absolute atomic E-state index is 4.23. The highest BCUT2D eigenvalue weighted by molar-refractivity contribution is 7.15. The molecule has 5 heteroatoms. The smallest absolute Gasteiger partial charge is 0.0576 e. The Morgan fingerprint density at radius 2 is 2.37 bits per heavy atom. The van der Waals surface area contributed by atoms with Gasteiger partial charge < -0.3 is 5.32 Å². The van der Waals surface area contributed by atoms with Crippen LogP contribution in [-0.2, 0) is 13.6 Å². The van der Waals surface area contributed by atoms with Crippen molar-refractivity contribution < 1.29 is 0 Å². The van der Waals surface area contributed by atoms with E-state index in [4.69, 9.17) is 0 Å². The maximum atomic E-state index is 4.23. The van der Waals surface area contributed by atoms with E-state index in [1.807, 2.05) is 29.3 Å². The molecular weight excluding hydrogens is 256 g/mol. The summed E-state index contributed by atoms with van der Waals surface area (Å²) in [6.45, 7) is 6.70. The van der Waals surface area contributed by atoms with Crippen LogP contribution in [0.2, 0.25) is 0 Å². The van der Waals surface area contributed by atoms with Gasteiger partial charge in [0, 0.05) is 60.8 Å². The van der Waals surface area contributed by atoms with Crippen molar-refractivity contribution in [1.29, 1.82) is 0 Å². The van der Waals surface area contributed by atoms with Crippen molar-refractivity contribution in [1.82, 2.24) is 20.0 Å². The Morgan fingerprint density at radius 3 is 3.11 bits per heavy atom. The molecule has 1 saturated heterocycles. The summed E-state index contributed by atoms with van der Waals surface area (Å²) >= 11 is 1.88. The topological polar surface area (TPSA) is 33.1 Å². The lowest BCUT2D eigenvalue weighted by Gasteiger charge is -2.31. The van der Waals surface area contributed by atoms with Crippen LogP contribution < -0.4 is 5.32 Å². The lowest BCUT2D eigenvalue weighted by atomic mass is 10.2. The number of thiophene rings is 1. The molecule has 0 unspecified atom stereocenters. The number of rotatable bonds is 3. The highest BCUT2D eigenvalue weighted by atomic mass is 32.1. The first kappa shape index (κ1) is 12.8. The second-order valence-electron chi connectivity index (χ2n) is 5.26. The van der Waals surface area contributed by atoms with Crippen LogP contribution in [0.1, 0.15) is 11.8 Å². The van der Waals surface area contributed by atoms with Gasteiger partial charge in [0.2, 0.25) is 0 Å². The average molecular weight is 276 g/mol. The van der Waals surface area contributed by atoms with Gasteiger partial charge in [-0.1, -0.05) is 0 Å². The third kappa shape index (κ3) is 3.05. The third-order valence-corrected chi connectivity index (χ3v) is 4.60. The molecule has 0 radical (unpaired) electrons. The summed E-state index contributed by atoms with van der Waals surface area (Å²) in [4.78, 5) is 5.28. The number of hydrogen-bond donors (Lipinski definition) is 1. The summed E-state index contributed by atoms with van der Waals surface area (Å²) in [7, 11) is 1.96. The molecule has 19 heavy (non-hydrogen) atoms. The first-order valence-corrected chi connectivity index (χ1v) is 7.56. The van der Waals surface area contributed by atoms with Gasteiger partial charge in [-0.15, -0.1) is 11.3 Å². The highest BCUT2D eigenvalue weighted by Crippen LogP contribution is 2.28. The molecule has 3 rings (SSSR count). The third-order valence-electron chi connectivity index (χ3n) is 3.48. The summed E-state index contributed by atoms with van der Waals surface area (Å²) in [6, 6.07) is 5.06. The second kappa shape index (κ2) is 5.45. The second-order valence-corrected chi connectivity index (χ2v) is 6.43. The van der Waals surface area contributed by atoms with Gasteiger partial charge in [-0.05, 0) is 19.1 Å². The zero-order valence-electron chi connectivity index (χ0n) is 11.5. The van der Waals surface area contributed by atoms with Crippen LogP contribution >= 0.6 is 11.3 Å². The van der Waals surface area contributed by atoms with E-state index in [1.54, 1.807) is 0 Å². The summed E-state index contributed by atoms with van der Waals surface area (Å²) < 4.78 is 1.85. The fourth-order valence-electron chi connectivity index (χ4n) is 2.54. The predicted octanol–water partition coefficient (Wildman–Crippen LogP) is 1.94. The Kier molecular flexibility index (Phi) is 3.68. The van der Waals surface area contributed by atoms with Crippen LogP contribution in [0.25, 0.3) is 10.4 Å². The molecular formula is C14H20N4S. The van der Waals surface area contributed by atoms with Gasteiger partial charge >= 0.3 is 0 Å². The Hall–Kier alpha value is -1.17. The van der Waals surface area contributed by atoms with Gasteiger partial charge in [-0.3, -0.25) is 9.58 Å². The van der Waals surface area contributed by atoms with Gasteiger partial charge in [0.05, 0.1) is 6.20 Å². The number of piperazine rings is 1. The Balaban J connectivity index is 1.68. The van der Waals surface area contributed by atoms with Crippen LogP contribution in [0.15, 0.2) is 24.5 Å². The van der Waals surface area contributed by atoms with Crippen LogP contribution in [0, 0.1) is 0 Å². The van der Waals surface area contributed by atoms with Crippen LogP contribution in [0.3, 0.4) is 0 Å². The molecule has 2 aromatic heterocycles. The summed E-state index contributed by atoms with van der Waals surface area (Å²) in [5, 5.41) is 7.71. The van der Waals surface area contributed by atoms with Crippen molar-refractivity contribution in [3.63, 3.8) is 0 Å². The van der Waals surface area contributed by atoms with Crippen molar-refractivity contribution in [3.8, 4) is 10.4 Å². The van der Waals surface area contributed by atoms with Crippen molar-refractivity contribution in [3.05, 3.63) is 29.4 Å². The Labute approximate surface area is 118 Å². The van der Waals surface area contributed by atoms with E-state index < -0.39 is 0 Å². The van der Waals surface area contributed by atoms with Crippen molar-refractivity contribution in [2.24, 2.45) is 7.05 Å². The first-order valence-electron chi connectivity index (χ1n) is 6.74. The monoisotopic (exact) mass is 276 g/mol. The minimum Gasteiger partial charge on any atom is -0.312 e. The average Bonchev–Trinajstić information content (AvgIpc) is 2.98. The van der Waals surface area contributed by atoms with E-state index in [1.165, 1.54) is 15.3 Å². The summed E-state index contributed by atoms with van der Waals surface area (Å²) in [6.07, 6.45) is 4.00. The Bertz CT molecular complexity index is 545. The highest BCUT2D eigenvalue weighted by Gasteiger charge is 2.16. The van der Waals surface area contributed by atoms with Crippen molar-refractivity contribution in [2.75, 3.05) is 19.6 Å². The largest absolute Gasteiger partial charge is 0.312 e. The molecule has 2 aromatic rings. The van der Waals surface area contributed by atoms with Gasteiger partial charge in [0.1, 0.15) is 0 Å². The number of aromatic nitrogens is 2. The van der Waals surface area contributed by atoms with E-state index in [9.17, 15) is 0 Å². The minimum atomic E-state index is 0.603. The lowest BCUT2D eigenvalue weighted by molar-refractivity contribution is 0.201. The molecule has 3 heterocycles. The quantitative estimate of drug-likeness (QED) is 0.930. The van der Waals surface area contributed by atoms with E-state index in [0.717, 1.165) is 26.2 Å². The molecule has 0 spiro atoms. The molecule has 0 amide bonds. The van der Waals surface area contributed by atoms with Gasteiger partial charge in [-0.2, -0.15) is 5.10 Å². The van der Waals surface area contributed by atoms with E-state index in [0.29, 0.717) is 6.04 Å². The maximum Gasteiger partial charge on any atom is 0.0576 e. The normalized spacial score (nSPS) is 20.8. The van der Waals surface area contributed by atoms with Crippen molar-refractivity contribution in [2.45, 2.75) is 19.5 Å². The van der Waals surface area contributed by atoms with Crippen LogP contribution in [0.5, 0.6) is 0 Å². The molecule has 0 saturated carbocycles. The number of aryl methyl sites for hydroxylation is 1. The predicted molar refractivity (Wildman–Crippen MR) is 79.3 cm³/mol. The molecule has 4 nitrogen and oxygen atoms in total. The fourth-order valence-corrected chi connectivity index (χ4v) is 3.57. The molecule has 1 aliphatic heterocycles. The first-order chi connectivity index (χ1) is 9.20. The lowest BCUT2D eigenvalue weighted by Crippen LogP contribution is -2.48. The zero-order valence-corrected chi connectivity index (χ0v) is 12.3.